The van der Waals surface area contributed by atoms with Crippen LogP contribution in [0.5, 0.6) is 0 Å². The highest BCUT2D eigenvalue weighted by molar-refractivity contribution is 5.71. The lowest BCUT2D eigenvalue weighted by Gasteiger charge is -2.31. The number of carboxylic acids is 1. The second-order valence-electron chi connectivity index (χ2n) is 4.68. The molecule has 0 radical (unpaired) electrons. The molecule has 1 aliphatic heterocycles. The molecule has 5 heteroatoms. The van der Waals surface area contributed by atoms with E-state index in [-0.39, 0.29) is 5.92 Å². The van der Waals surface area contributed by atoms with Crippen LogP contribution in [0.15, 0.2) is 30.5 Å². The summed E-state index contributed by atoms with van der Waals surface area (Å²) in [5, 5.41) is 13.4. The number of carbonyl (C=O) groups is 1. The largest absolute Gasteiger partial charge is 0.481 e. The summed E-state index contributed by atoms with van der Waals surface area (Å²) in [6.45, 7) is 1.46. The normalized spacial score (nSPS) is 20.2. The predicted molar refractivity (Wildman–Crippen MR) is 67.8 cm³/mol. The Morgan fingerprint density at radius 1 is 1.39 bits per heavy atom. The minimum Gasteiger partial charge on any atom is -0.481 e. The van der Waals surface area contributed by atoms with E-state index < -0.39 is 5.97 Å². The maximum Gasteiger partial charge on any atom is 0.308 e. The van der Waals surface area contributed by atoms with E-state index in [1.165, 1.54) is 0 Å². The van der Waals surface area contributed by atoms with Crippen LogP contribution in [0.3, 0.4) is 0 Å². The molecule has 1 fully saturated rings. The maximum absolute atomic E-state index is 11.1. The molecule has 18 heavy (non-hydrogen) atoms. The first-order chi connectivity index (χ1) is 8.75. The van der Waals surface area contributed by atoms with Gasteiger partial charge in [0.05, 0.1) is 11.4 Å². The quantitative estimate of drug-likeness (QED) is 0.873. The second-order valence-corrected chi connectivity index (χ2v) is 4.68. The second kappa shape index (κ2) is 4.33. The topological polar surface area (TPSA) is 57.8 Å². The third-order valence-electron chi connectivity index (χ3n) is 3.49. The van der Waals surface area contributed by atoms with E-state index in [0.717, 1.165) is 30.7 Å². The number of hydrogen-bond acceptors (Lipinski definition) is 3. The summed E-state index contributed by atoms with van der Waals surface area (Å²) in [4.78, 5) is 13.2. The monoisotopic (exact) mass is 245 g/mol. The highest BCUT2D eigenvalue weighted by Gasteiger charge is 2.26. The lowest BCUT2D eigenvalue weighted by atomic mass is 9.98. The Morgan fingerprint density at radius 2 is 2.28 bits per heavy atom. The highest BCUT2D eigenvalue weighted by atomic mass is 16.4. The van der Waals surface area contributed by atoms with Gasteiger partial charge in [-0.3, -0.25) is 4.79 Å². The van der Waals surface area contributed by atoms with Crippen molar-refractivity contribution in [3.63, 3.8) is 0 Å². The molecule has 94 valence electrons. The summed E-state index contributed by atoms with van der Waals surface area (Å²) in [5.74, 6) is 0.0121. The van der Waals surface area contributed by atoms with Gasteiger partial charge in [-0.25, -0.2) is 4.52 Å². The zero-order valence-corrected chi connectivity index (χ0v) is 9.99. The molecule has 0 bridgehead atoms. The molecule has 3 rings (SSSR count). The number of aromatic nitrogens is 2. The van der Waals surface area contributed by atoms with Gasteiger partial charge in [0.15, 0.2) is 0 Å². The maximum atomic E-state index is 11.1. The summed E-state index contributed by atoms with van der Waals surface area (Å²) >= 11 is 0. The molecular weight excluding hydrogens is 230 g/mol. The van der Waals surface area contributed by atoms with Crippen LogP contribution in [-0.2, 0) is 4.79 Å². The summed E-state index contributed by atoms with van der Waals surface area (Å²) in [6, 6.07) is 7.91. The van der Waals surface area contributed by atoms with Crippen molar-refractivity contribution < 1.29 is 9.90 Å². The molecule has 1 aliphatic rings. The van der Waals surface area contributed by atoms with E-state index in [9.17, 15) is 4.79 Å². The third-order valence-corrected chi connectivity index (χ3v) is 3.49. The zero-order chi connectivity index (χ0) is 12.5. The van der Waals surface area contributed by atoms with Gasteiger partial charge in [0, 0.05) is 19.3 Å². The molecule has 0 aromatic carbocycles. The molecule has 2 aromatic heterocycles. The van der Waals surface area contributed by atoms with Gasteiger partial charge in [0.25, 0.3) is 0 Å². The SMILES string of the molecule is O=C(O)C1CCCN(c2ccc3cccnn23)C1. The van der Waals surface area contributed by atoms with Crippen LogP contribution in [0.25, 0.3) is 5.52 Å². The molecule has 0 saturated carbocycles. The first-order valence-electron chi connectivity index (χ1n) is 6.16. The number of anilines is 1. The van der Waals surface area contributed by atoms with Gasteiger partial charge < -0.3 is 10.0 Å². The molecule has 1 atom stereocenters. The number of nitrogens with zero attached hydrogens (tertiary/aromatic N) is 3. The number of piperidine rings is 1. The van der Waals surface area contributed by atoms with E-state index >= 15 is 0 Å². The molecular formula is C13H15N3O2. The zero-order valence-electron chi connectivity index (χ0n) is 9.99. The van der Waals surface area contributed by atoms with E-state index in [1.54, 1.807) is 6.20 Å². The highest BCUT2D eigenvalue weighted by Crippen LogP contribution is 2.24. The van der Waals surface area contributed by atoms with E-state index in [0.29, 0.717) is 6.54 Å². The van der Waals surface area contributed by atoms with Crippen LogP contribution in [0.4, 0.5) is 5.82 Å². The van der Waals surface area contributed by atoms with Crippen LogP contribution in [-0.4, -0.2) is 33.8 Å². The lowest BCUT2D eigenvalue weighted by molar-refractivity contribution is -0.141. The number of carboxylic acid groups (broad SMARTS) is 1. The van der Waals surface area contributed by atoms with Crippen molar-refractivity contribution in [1.29, 1.82) is 0 Å². The molecule has 1 N–H and O–H groups in total. The van der Waals surface area contributed by atoms with E-state index in [1.807, 2.05) is 28.8 Å². The van der Waals surface area contributed by atoms with Crippen molar-refractivity contribution in [2.24, 2.45) is 5.92 Å². The Morgan fingerprint density at radius 3 is 3.11 bits per heavy atom. The molecule has 1 unspecified atom stereocenters. The number of hydrogen-bond donors (Lipinski definition) is 1. The Balaban J connectivity index is 1.92. The van der Waals surface area contributed by atoms with Crippen molar-refractivity contribution in [1.82, 2.24) is 9.61 Å². The average Bonchev–Trinajstić information content (AvgIpc) is 2.82. The number of rotatable bonds is 2. The first kappa shape index (κ1) is 11.1. The molecule has 0 aliphatic carbocycles. The third kappa shape index (κ3) is 1.81. The fourth-order valence-electron chi connectivity index (χ4n) is 2.56. The summed E-state index contributed by atoms with van der Waals surface area (Å²) in [6.07, 6.45) is 3.43. The van der Waals surface area contributed by atoms with Crippen molar-refractivity contribution in [2.45, 2.75) is 12.8 Å². The van der Waals surface area contributed by atoms with Gasteiger partial charge in [0.1, 0.15) is 5.82 Å². The van der Waals surface area contributed by atoms with Crippen LogP contribution in [0.2, 0.25) is 0 Å². The molecule has 0 amide bonds. The first-order valence-corrected chi connectivity index (χ1v) is 6.16. The number of fused-ring (bicyclic) bond motifs is 1. The smallest absolute Gasteiger partial charge is 0.308 e. The van der Waals surface area contributed by atoms with Crippen LogP contribution in [0.1, 0.15) is 12.8 Å². The summed E-state index contributed by atoms with van der Waals surface area (Å²) in [7, 11) is 0. The molecule has 3 heterocycles. The molecule has 1 saturated heterocycles. The van der Waals surface area contributed by atoms with Crippen molar-refractivity contribution >= 4 is 17.3 Å². The molecule has 5 nitrogen and oxygen atoms in total. The Labute approximate surface area is 105 Å². The van der Waals surface area contributed by atoms with Gasteiger partial charge in [-0.2, -0.15) is 5.10 Å². The van der Waals surface area contributed by atoms with E-state index in [4.69, 9.17) is 5.11 Å². The summed E-state index contributed by atoms with van der Waals surface area (Å²) < 4.78 is 1.87. The van der Waals surface area contributed by atoms with Gasteiger partial charge in [0.2, 0.25) is 0 Å². The molecule has 2 aromatic rings. The lowest BCUT2D eigenvalue weighted by Crippen LogP contribution is -2.39. The standard InChI is InChI=1S/C13H15N3O2/c17-13(18)10-3-2-8-15(9-10)12-6-5-11-4-1-7-14-16(11)12/h1,4-7,10H,2-3,8-9H2,(H,17,18). The number of aliphatic carboxylic acids is 1. The molecule has 0 spiro atoms. The fraction of sp³-hybridized carbons (Fsp3) is 0.385. The Kier molecular flexibility index (Phi) is 2.66. The average molecular weight is 245 g/mol. The van der Waals surface area contributed by atoms with Crippen molar-refractivity contribution in [2.75, 3.05) is 18.0 Å². The van der Waals surface area contributed by atoms with Crippen LogP contribution < -0.4 is 4.90 Å². The fourth-order valence-corrected chi connectivity index (χ4v) is 2.56. The predicted octanol–water partition coefficient (Wildman–Crippen LogP) is 1.64. The van der Waals surface area contributed by atoms with Crippen molar-refractivity contribution in [3.05, 3.63) is 30.5 Å². The Hall–Kier alpha value is -2.04. The van der Waals surface area contributed by atoms with Gasteiger partial charge >= 0.3 is 5.97 Å². The van der Waals surface area contributed by atoms with E-state index in [2.05, 4.69) is 10.00 Å². The minimum absolute atomic E-state index is 0.270. The van der Waals surface area contributed by atoms with Crippen LogP contribution in [0, 0.1) is 5.92 Å². The summed E-state index contributed by atoms with van der Waals surface area (Å²) in [5.41, 5.74) is 1.03. The minimum atomic E-state index is -0.700. The van der Waals surface area contributed by atoms with Crippen molar-refractivity contribution in [3.8, 4) is 0 Å². The van der Waals surface area contributed by atoms with Gasteiger partial charge in [-0.05, 0) is 37.1 Å². The van der Waals surface area contributed by atoms with Gasteiger partial charge in [-0.15, -0.1) is 0 Å². The Bertz CT molecular complexity index is 578. The van der Waals surface area contributed by atoms with Crippen LogP contribution >= 0.6 is 0 Å². The van der Waals surface area contributed by atoms with Gasteiger partial charge in [-0.1, -0.05) is 0 Å².